The number of amides is 2. The second kappa shape index (κ2) is 6.35. The van der Waals surface area contributed by atoms with E-state index >= 15 is 0 Å². The summed E-state index contributed by atoms with van der Waals surface area (Å²) in [4.78, 5) is 28.6. The molecule has 2 amide bonds. The van der Waals surface area contributed by atoms with E-state index in [1.54, 1.807) is 24.0 Å². The van der Waals surface area contributed by atoms with Crippen LogP contribution in [-0.2, 0) is 16.1 Å². The maximum atomic E-state index is 12.6. The highest BCUT2D eigenvalue weighted by molar-refractivity contribution is 5.77. The van der Waals surface area contributed by atoms with E-state index in [0.29, 0.717) is 18.4 Å². The maximum Gasteiger partial charge on any atom is 0.244 e. The average Bonchev–Trinajstić information content (AvgIpc) is 3.30. The molecule has 0 saturated carbocycles. The number of benzene rings is 1. The number of hydrogen-bond donors (Lipinski definition) is 0. The number of hydrogen-bond acceptors (Lipinski definition) is 3. The van der Waals surface area contributed by atoms with Crippen LogP contribution < -0.4 is 0 Å². The minimum absolute atomic E-state index is 0.0613. The molecule has 0 aliphatic carbocycles. The summed E-state index contributed by atoms with van der Waals surface area (Å²) in [5.74, 6) is 0.848. The van der Waals surface area contributed by atoms with Crippen molar-refractivity contribution in [1.82, 2.24) is 19.6 Å². The lowest BCUT2D eigenvalue weighted by atomic mass is 9.89. The van der Waals surface area contributed by atoms with Crippen molar-refractivity contribution in [3.8, 4) is 0 Å². The third-order valence-electron chi connectivity index (χ3n) is 5.42. The molecule has 4 rings (SSSR count). The first kappa shape index (κ1) is 15.9. The summed E-state index contributed by atoms with van der Waals surface area (Å²) < 4.78 is 1.66. The number of nitrogens with zero attached hydrogens (tertiary/aromatic N) is 4. The van der Waals surface area contributed by atoms with Crippen molar-refractivity contribution in [1.29, 1.82) is 0 Å². The van der Waals surface area contributed by atoms with Crippen molar-refractivity contribution >= 4 is 11.8 Å². The zero-order chi connectivity index (χ0) is 17.4. The fourth-order valence-electron chi connectivity index (χ4n) is 4.28. The molecule has 1 aromatic heterocycles. The Morgan fingerprint density at radius 3 is 2.60 bits per heavy atom. The normalized spacial score (nSPS) is 25.2. The molecule has 2 aliphatic rings. The molecule has 3 heterocycles. The van der Waals surface area contributed by atoms with Gasteiger partial charge in [-0.1, -0.05) is 30.3 Å². The van der Waals surface area contributed by atoms with Gasteiger partial charge in [-0.15, -0.1) is 0 Å². The zero-order valence-corrected chi connectivity index (χ0v) is 14.3. The molecule has 3 atom stereocenters. The number of rotatable bonds is 3. The van der Waals surface area contributed by atoms with Crippen molar-refractivity contribution in [3.05, 3.63) is 54.4 Å². The average molecular weight is 338 g/mol. The topological polar surface area (TPSA) is 58.4 Å². The highest BCUT2D eigenvalue weighted by Crippen LogP contribution is 2.44. The fourth-order valence-corrected chi connectivity index (χ4v) is 4.28. The van der Waals surface area contributed by atoms with Crippen LogP contribution in [0.2, 0.25) is 0 Å². The summed E-state index contributed by atoms with van der Waals surface area (Å²) in [5, 5.41) is 4.11. The van der Waals surface area contributed by atoms with Crippen LogP contribution in [0.25, 0.3) is 0 Å². The quantitative estimate of drug-likeness (QED) is 0.853. The molecule has 6 heteroatoms. The van der Waals surface area contributed by atoms with Crippen LogP contribution in [0.1, 0.15) is 18.5 Å². The molecule has 2 fully saturated rings. The second-order valence-corrected chi connectivity index (χ2v) is 6.95. The molecule has 1 aromatic carbocycles. The first-order valence-corrected chi connectivity index (χ1v) is 8.71. The van der Waals surface area contributed by atoms with Crippen LogP contribution in [-0.4, -0.2) is 51.0 Å². The van der Waals surface area contributed by atoms with Gasteiger partial charge in [-0.25, -0.2) is 0 Å². The molecule has 0 unspecified atom stereocenters. The lowest BCUT2D eigenvalue weighted by Crippen LogP contribution is -2.37. The second-order valence-electron chi connectivity index (χ2n) is 6.95. The Hall–Kier alpha value is -2.63. The van der Waals surface area contributed by atoms with Crippen molar-refractivity contribution in [2.75, 3.05) is 19.6 Å². The summed E-state index contributed by atoms with van der Waals surface area (Å²) >= 11 is 0. The molecular formula is C19H22N4O2. The van der Waals surface area contributed by atoms with E-state index in [-0.39, 0.29) is 24.4 Å². The SMILES string of the molecule is CC(=O)N1C[C@H]2CN(C(=O)Cn3cccn3)C[C@H]2[C@@H]1c1ccccc1. The van der Waals surface area contributed by atoms with Gasteiger partial charge >= 0.3 is 0 Å². The van der Waals surface area contributed by atoms with Crippen LogP contribution in [0.3, 0.4) is 0 Å². The molecule has 0 radical (unpaired) electrons. The molecule has 2 aromatic rings. The fraction of sp³-hybridized carbons (Fsp3) is 0.421. The Bertz CT molecular complexity index is 759. The van der Waals surface area contributed by atoms with Gasteiger partial charge in [0.1, 0.15) is 6.54 Å². The summed E-state index contributed by atoms with van der Waals surface area (Å²) in [7, 11) is 0. The van der Waals surface area contributed by atoms with Gasteiger partial charge < -0.3 is 9.80 Å². The maximum absolute atomic E-state index is 12.6. The van der Waals surface area contributed by atoms with Gasteiger partial charge in [0.25, 0.3) is 0 Å². The Kier molecular flexibility index (Phi) is 4.03. The van der Waals surface area contributed by atoms with E-state index in [0.717, 1.165) is 18.7 Å². The van der Waals surface area contributed by atoms with Crippen LogP contribution in [0.15, 0.2) is 48.8 Å². The summed E-state index contributed by atoms with van der Waals surface area (Å²) in [6, 6.07) is 12.1. The standard InChI is InChI=1S/C19H22N4O2/c1-14(24)23-11-16-10-21(18(25)13-22-9-5-8-20-22)12-17(16)19(23)15-6-3-2-4-7-15/h2-9,16-17,19H,10-13H2,1H3/t16-,17-,19+/m1/s1. The monoisotopic (exact) mass is 338 g/mol. The van der Waals surface area contributed by atoms with Crippen LogP contribution in [0.4, 0.5) is 0 Å². The lowest BCUT2D eigenvalue weighted by Gasteiger charge is -2.29. The van der Waals surface area contributed by atoms with Crippen molar-refractivity contribution < 1.29 is 9.59 Å². The first-order chi connectivity index (χ1) is 12.1. The van der Waals surface area contributed by atoms with Crippen molar-refractivity contribution in [2.24, 2.45) is 11.8 Å². The van der Waals surface area contributed by atoms with Crippen LogP contribution in [0, 0.1) is 11.8 Å². The van der Waals surface area contributed by atoms with Gasteiger partial charge in [-0.3, -0.25) is 14.3 Å². The third kappa shape index (κ3) is 2.92. The molecule has 2 saturated heterocycles. The number of carbonyl (C=O) groups is 2. The van der Waals surface area contributed by atoms with Crippen LogP contribution in [0.5, 0.6) is 0 Å². The van der Waals surface area contributed by atoms with Crippen molar-refractivity contribution in [3.63, 3.8) is 0 Å². The lowest BCUT2D eigenvalue weighted by molar-refractivity contribution is -0.132. The molecule has 0 bridgehead atoms. The van der Waals surface area contributed by atoms with Gasteiger partial charge in [0.05, 0.1) is 6.04 Å². The molecular weight excluding hydrogens is 316 g/mol. The Balaban J connectivity index is 1.52. The van der Waals surface area contributed by atoms with Gasteiger partial charge in [-0.2, -0.15) is 5.10 Å². The first-order valence-electron chi connectivity index (χ1n) is 8.71. The zero-order valence-electron chi connectivity index (χ0n) is 14.3. The van der Waals surface area contributed by atoms with E-state index in [1.807, 2.05) is 34.1 Å². The van der Waals surface area contributed by atoms with Gasteiger partial charge in [0, 0.05) is 50.8 Å². The molecule has 2 aliphatic heterocycles. The van der Waals surface area contributed by atoms with Crippen LogP contribution >= 0.6 is 0 Å². The van der Waals surface area contributed by atoms with Gasteiger partial charge in [-0.05, 0) is 11.6 Å². The minimum Gasteiger partial charge on any atom is -0.340 e. The minimum atomic E-state index is 0.0613. The van der Waals surface area contributed by atoms with E-state index in [4.69, 9.17) is 0 Å². The summed E-state index contributed by atoms with van der Waals surface area (Å²) in [6.07, 6.45) is 3.49. The smallest absolute Gasteiger partial charge is 0.244 e. The Labute approximate surface area is 147 Å². The van der Waals surface area contributed by atoms with Crippen molar-refractivity contribution in [2.45, 2.75) is 19.5 Å². The number of carbonyl (C=O) groups excluding carboxylic acids is 2. The molecule has 0 N–H and O–H groups in total. The highest BCUT2D eigenvalue weighted by Gasteiger charge is 2.49. The summed E-state index contributed by atoms with van der Waals surface area (Å²) in [5.41, 5.74) is 1.16. The largest absolute Gasteiger partial charge is 0.340 e. The highest BCUT2D eigenvalue weighted by atomic mass is 16.2. The number of likely N-dealkylation sites (tertiary alicyclic amines) is 2. The number of fused-ring (bicyclic) bond motifs is 1. The van der Waals surface area contributed by atoms with E-state index in [9.17, 15) is 9.59 Å². The predicted octanol–water partition coefficient (Wildman–Crippen LogP) is 1.56. The summed E-state index contributed by atoms with van der Waals surface area (Å²) in [6.45, 7) is 4.06. The van der Waals surface area contributed by atoms with E-state index < -0.39 is 0 Å². The molecule has 25 heavy (non-hydrogen) atoms. The van der Waals surface area contributed by atoms with E-state index in [1.165, 1.54) is 0 Å². The molecule has 6 nitrogen and oxygen atoms in total. The van der Waals surface area contributed by atoms with Gasteiger partial charge in [0.2, 0.25) is 11.8 Å². The van der Waals surface area contributed by atoms with E-state index in [2.05, 4.69) is 17.2 Å². The molecule has 0 spiro atoms. The molecule has 130 valence electrons. The Morgan fingerprint density at radius 2 is 1.92 bits per heavy atom. The predicted molar refractivity (Wildman–Crippen MR) is 92.4 cm³/mol. The number of aromatic nitrogens is 2. The Morgan fingerprint density at radius 1 is 1.12 bits per heavy atom. The third-order valence-corrected chi connectivity index (χ3v) is 5.42. The van der Waals surface area contributed by atoms with Gasteiger partial charge in [0.15, 0.2) is 0 Å².